The molecule has 0 bridgehead atoms. The highest BCUT2D eigenvalue weighted by Gasteiger charge is 2.56. The van der Waals surface area contributed by atoms with Crippen LogP contribution in [0, 0.1) is 0 Å². The topological polar surface area (TPSA) is 115 Å². The lowest BCUT2D eigenvalue weighted by Gasteiger charge is -2.31. The first-order valence-electron chi connectivity index (χ1n) is 11.4. The number of hydrogen-bond donors (Lipinski definition) is 1. The van der Waals surface area contributed by atoms with E-state index in [4.69, 9.17) is 24.7 Å². The Bertz CT molecular complexity index is 1240. The van der Waals surface area contributed by atoms with Crippen LogP contribution in [0.15, 0.2) is 76.1 Å². The Hall–Kier alpha value is -3.05. The number of nitrogens with two attached hydrogens (primary N) is 1. The number of halogens is 1. The highest BCUT2D eigenvalue weighted by molar-refractivity contribution is 9.10. The van der Waals surface area contributed by atoms with Gasteiger partial charge in [0.15, 0.2) is 12.3 Å². The fourth-order valence-corrected chi connectivity index (χ4v) is 4.48. The summed E-state index contributed by atoms with van der Waals surface area (Å²) < 4.78 is 26.1. The minimum Gasteiger partial charge on any atom is -0.455 e. The molecule has 1 aliphatic rings. The molecule has 0 aliphatic carbocycles. The van der Waals surface area contributed by atoms with Crippen molar-refractivity contribution in [2.24, 2.45) is 0 Å². The highest BCUT2D eigenvalue weighted by Crippen LogP contribution is 2.41. The molecule has 2 N–H and O–H groups in total. The largest absolute Gasteiger partial charge is 0.455 e. The number of esters is 1. The second-order valence-electron chi connectivity index (χ2n) is 8.75. The summed E-state index contributed by atoms with van der Waals surface area (Å²) in [6, 6.07) is 19.3. The molecule has 36 heavy (non-hydrogen) atoms. The molecule has 9 nitrogen and oxygen atoms in total. The molecule has 0 radical (unpaired) electrons. The molecule has 1 saturated heterocycles. The lowest BCUT2D eigenvalue weighted by Crippen LogP contribution is -2.47. The van der Waals surface area contributed by atoms with Gasteiger partial charge in [0.2, 0.25) is 0 Å². The first-order valence-corrected chi connectivity index (χ1v) is 12.2. The Morgan fingerprint density at radius 3 is 2.33 bits per heavy atom. The normalized spacial score (nSPS) is 23.5. The van der Waals surface area contributed by atoms with Crippen LogP contribution in [0.2, 0.25) is 0 Å². The van der Waals surface area contributed by atoms with Gasteiger partial charge in [-0.3, -0.25) is 9.36 Å². The second-order valence-corrected chi connectivity index (χ2v) is 9.61. The van der Waals surface area contributed by atoms with Crippen molar-refractivity contribution in [1.29, 1.82) is 0 Å². The van der Waals surface area contributed by atoms with Crippen molar-refractivity contribution in [2.45, 2.75) is 51.1 Å². The molecule has 4 rings (SSSR count). The number of hydrogen-bond acceptors (Lipinski definition) is 8. The highest BCUT2D eigenvalue weighted by atomic mass is 79.9. The van der Waals surface area contributed by atoms with Crippen LogP contribution in [0.5, 0.6) is 0 Å². The van der Waals surface area contributed by atoms with Crippen LogP contribution in [-0.4, -0.2) is 39.9 Å². The van der Waals surface area contributed by atoms with E-state index >= 15 is 0 Å². The van der Waals surface area contributed by atoms with Crippen molar-refractivity contribution in [2.75, 3.05) is 12.3 Å². The summed E-state index contributed by atoms with van der Waals surface area (Å²) in [6.45, 7) is 3.82. The SMILES string of the molecule is CC(=O)O[C@H]1[C@H](n2cc(Br)c(N)nc2=O)O[C@](C)(COCc2ccccc2)[C@H]1OCc1ccccc1. The van der Waals surface area contributed by atoms with E-state index in [1.54, 1.807) is 0 Å². The van der Waals surface area contributed by atoms with E-state index in [0.717, 1.165) is 11.1 Å². The van der Waals surface area contributed by atoms with Gasteiger partial charge in [0.1, 0.15) is 17.5 Å². The molecule has 3 aromatic rings. The quantitative estimate of drug-likeness (QED) is 0.397. The summed E-state index contributed by atoms with van der Waals surface area (Å²) in [5.74, 6) is -0.490. The van der Waals surface area contributed by atoms with E-state index in [1.165, 1.54) is 17.7 Å². The van der Waals surface area contributed by atoms with Gasteiger partial charge in [-0.25, -0.2) is 4.79 Å². The van der Waals surface area contributed by atoms with Crippen molar-refractivity contribution < 1.29 is 23.7 Å². The van der Waals surface area contributed by atoms with Gasteiger partial charge in [0, 0.05) is 13.1 Å². The summed E-state index contributed by atoms with van der Waals surface area (Å²) in [5, 5.41) is 0. The molecule has 10 heteroatoms. The summed E-state index contributed by atoms with van der Waals surface area (Å²) in [7, 11) is 0. The average Bonchev–Trinajstić information content (AvgIpc) is 3.12. The Balaban J connectivity index is 1.65. The van der Waals surface area contributed by atoms with Gasteiger partial charge in [-0.05, 0) is 34.0 Å². The van der Waals surface area contributed by atoms with Gasteiger partial charge in [-0.15, -0.1) is 0 Å². The number of nitrogens with zero attached hydrogens (tertiary/aromatic N) is 2. The van der Waals surface area contributed by atoms with Crippen molar-refractivity contribution in [3.63, 3.8) is 0 Å². The Labute approximate surface area is 217 Å². The zero-order chi connectivity index (χ0) is 25.7. The van der Waals surface area contributed by atoms with Gasteiger partial charge < -0.3 is 24.7 Å². The third-order valence-corrected chi connectivity index (χ3v) is 6.47. The lowest BCUT2D eigenvalue weighted by atomic mass is 9.97. The zero-order valence-corrected chi connectivity index (χ0v) is 21.6. The standard InChI is InChI=1S/C26H28BrN3O6/c1-17(31)35-21-22(34-15-19-11-7-4-8-12-19)26(2,16-33-14-18-9-5-3-6-10-18)36-24(21)30-13-20(27)23(28)29-25(30)32/h3-13,21-22,24H,14-16H2,1-2H3,(H2,28,29,32)/t21-,22+,24-,26-/m1/s1. The van der Waals surface area contributed by atoms with E-state index in [9.17, 15) is 9.59 Å². The summed E-state index contributed by atoms with van der Waals surface area (Å²) in [4.78, 5) is 28.7. The molecule has 190 valence electrons. The minimum absolute atomic E-state index is 0.0455. The van der Waals surface area contributed by atoms with Gasteiger partial charge in [0.25, 0.3) is 0 Å². The number of ether oxygens (including phenoxy) is 4. The zero-order valence-electron chi connectivity index (χ0n) is 20.0. The maximum Gasteiger partial charge on any atom is 0.351 e. The third-order valence-electron chi connectivity index (χ3n) is 5.85. The van der Waals surface area contributed by atoms with E-state index in [1.807, 2.05) is 67.6 Å². The number of aromatic nitrogens is 2. The number of carbonyl (C=O) groups is 1. The first kappa shape index (κ1) is 26.0. The predicted molar refractivity (Wildman–Crippen MR) is 136 cm³/mol. The molecule has 0 spiro atoms. The number of rotatable bonds is 9. The Morgan fingerprint density at radius 2 is 1.72 bits per heavy atom. The van der Waals surface area contributed by atoms with E-state index in [2.05, 4.69) is 20.9 Å². The Kier molecular flexibility index (Phi) is 8.20. The summed E-state index contributed by atoms with van der Waals surface area (Å²) in [6.07, 6.45) is -1.26. The van der Waals surface area contributed by atoms with Crippen LogP contribution in [0.1, 0.15) is 31.2 Å². The van der Waals surface area contributed by atoms with Crippen molar-refractivity contribution in [3.8, 4) is 0 Å². The maximum absolute atomic E-state index is 12.8. The number of anilines is 1. The van der Waals surface area contributed by atoms with Crippen LogP contribution in [-0.2, 0) is 37.0 Å². The van der Waals surface area contributed by atoms with E-state index in [-0.39, 0.29) is 19.0 Å². The van der Waals surface area contributed by atoms with Crippen molar-refractivity contribution in [3.05, 3.63) is 92.9 Å². The average molecular weight is 558 g/mol. The molecular weight excluding hydrogens is 530 g/mol. The molecule has 4 atom stereocenters. The van der Waals surface area contributed by atoms with Crippen LogP contribution >= 0.6 is 15.9 Å². The predicted octanol–water partition coefficient (Wildman–Crippen LogP) is 3.61. The number of benzene rings is 2. The minimum atomic E-state index is -1.07. The van der Waals surface area contributed by atoms with Gasteiger partial charge >= 0.3 is 11.7 Å². The van der Waals surface area contributed by atoms with Gasteiger partial charge in [0.05, 0.1) is 24.3 Å². The van der Waals surface area contributed by atoms with Gasteiger partial charge in [-0.1, -0.05) is 60.7 Å². The molecule has 0 unspecified atom stereocenters. The Morgan fingerprint density at radius 1 is 1.11 bits per heavy atom. The number of nitrogen functional groups attached to an aromatic ring is 1. The van der Waals surface area contributed by atoms with Crippen LogP contribution in [0.25, 0.3) is 0 Å². The van der Waals surface area contributed by atoms with Crippen LogP contribution < -0.4 is 11.4 Å². The molecule has 1 aromatic heterocycles. The maximum atomic E-state index is 12.8. The molecule has 0 amide bonds. The first-order chi connectivity index (χ1) is 17.3. The molecule has 2 aromatic carbocycles. The third kappa shape index (κ3) is 6.01. The molecule has 0 saturated carbocycles. The monoisotopic (exact) mass is 557 g/mol. The van der Waals surface area contributed by atoms with Crippen molar-refractivity contribution in [1.82, 2.24) is 9.55 Å². The van der Waals surface area contributed by atoms with Gasteiger partial charge in [-0.2, -0.15) is 4.98 Å². The molecule has 1 aliphatic heterocycles. The molecule has 2 heterocycles. The lowest BCUT2D eigenvalue weighted by molar-refractivity contribution is -0.159. The van der Waals surface area contributed by atoms with E-state index < -0.39 is 35.7 Å². The van der Waals surface area contributed by atoms with Crippen LogP contribution in [0.4, 0.5) is 5.82 Å². The van der Waals surface area contributed by atoms with E-state index in [0.29, 0.717) is 11.1 Å². The fraction of sp³-hybridized carbons (Fsp3) is 0.346. The summed E-state index contributed by atoms with van der Waals surface area (Å²) in [5.41, 5.74) is 5.99. The smallest absolute Gasteiger partial charge is 0.351 e. The van der Waals surface area contributed by atoms with Crippen molar-refractivity contribution >= 4 is 27.7 Å². The molecular formula is C26H28BrN3O6. The number of carbonyl (C=O) groups excluding carboxylic acids is 1. The molecule has 1 fully saturated rings. The fourth-order valence-electron chi connectivity index (χ4n) is 4.17. The van der Waals surface area contributed by atoms with Crippen LogP contribution in [0.3, 0.4) is 0 Å². The summed E-state index contributed by atoms with van der Waals surface area (Å²) >= 11 is 3.30. The second kappa shape index (κ2) is 11.3.